The molecule has 1 aromatic carbocycles. The molecule has 0 saturated heterocycles. The van der Waals surface area contributed by atoms with E-state index in [9.17, 15) is 4.79 Å². The van der Waals surface area contributed by atoms with Gasteiger partial charge in [0, 0.05) is 23.9 Å². The Bertz CT molecular complexity index is 672. The van der Waals surface area contributed by atoms with Crippen molar-refractivity contribution in [2.24, 2.45) is 0 Å². The van der Waals surface area contributed by atoms with Crippen LogP contribution in [0.3, 0.4) is 0 Å². The molecule has 1 amide bonds. The van der Waals surface area contributed by atoms with E-state index in [1.807, 2.05) is 44.2 Å². The first-order chi connectivity index (χ1) is 12.0. The van der Waals surface area contributed by atoms with Crippen molar-refractivity contribution in [1.82, 2.24) is 5.32 Å². The fourth-order valence-electron chi connectivity index (χ4n) is 2.15. The van der Waals surface area contributed by atoms with E-state index in [2.05, 4.69) is 5.32 Å². The Hall–Kier alpha value is -1.43. The zero-order chi connectivity index (χ0) is 18.1. The summed E-state index contributed by atoms with van der Waals surface area (Å²) in [4.78, 5) is 12.0. The monoisotopic (exact) mass is 381 g/mol. The van der Waals surface area contributed by atoms with Crippen LogP contribution in [0, 0.1) is 0 Å². The van der Waals surface area contributed by atoms with Gasteiger partial charge in [0.05, 0.1) is 11.9 Å². The molecule has 0 fully saturated rings. The van der Waals surface area contributed by atoms with Gasteiger partial charge in [-0.3, -0.25) is 4.79 Å². The molecule has 0 saturated carbocycles. The highest BCUT2D eigenvalue weighted by molar-refractivity contribution is 7.97. The first kappa shape index (κ1) is 19.9. The molecule has 0 aliphatic heterocycles. The number of hydrogen-bond donors (Lipinski definition) is 1. The van der Waals surface area contributed by atoms with Gasteiger partial charge in [-0.2, -0.15) is 0 Å². The summed E-state index contributed by atoms with van der Waals surface area (Å²) in [6, 6.07) is 11.4. The standard InChI is InChI=1S/C19H24ClNO3S/c1-14(2)23-10-4-9-21-19(22)18-8-7-17(24-18)13-25-12-15-5-3-6-16(20)11-15/h3,5-8,11,14H,4,9-10,12-13H2,1-2H3,(H,21,22). The average Bonchev–Trinajstić information content (AvgIpc) is 3.03. The molecule has 0 aliphatic carbocycles. The molecule has 0 unspecified atom stereocenters. The molecule has 0 bridgehead atoms. The number of rotatable bonds is 10. The van der Waals surface area contributed by atoms with Crippen LogP contribution in [0.25, 0.3) is 0 Å². The Morgan fingerprint density at radius 2 is 2.12 bits per heavy atom. The van der Waals surface area contributed by atoms with Gasteiger partial charge in [-0.1, -0.05) is 23.7 Å². The van der Waals surface area contributed by atoms with E-state index in [1.54, 1.807) is 17.8 Å². The van der Waals surface area contributed by atoms with Gasteiger partial charge in [-0.15, -0.1) is 11.8 Å². The van der Waals surface area contributed by atoms with Crippen LogP contribution in [-0.2, 0) is 16.2 Å². The highest BCUT2D eigenvalue weighted by Crippen LogP contribution is 2.21. The van der Waals surface area contributed by atoms with Gasteiger partial charge in [0.15, 0.2) is 5.76 Å². The molecular weight excluding hydrogens is 358 g/mol. The lowest BCUT2D eigenvalue weighted by molar-refractivity contribution is 0.0753. The van der Waals surface area contributed by atoms with Gasteiger partial charge >= 0.3 is 0 Å². The van der Waals surface area contributed by atoms with Crippen molar-refractivity contribution in [3.05, 3.63) is 58.5 Å². The average molecular weight is 382 g/mol. The summed E-state index contributed by atoms with van der Waals surface area (Å²) in [5.74, 6) is 2.51. The van der Waals surface area contributed by atoms with Crippen molar-refractivity contribution in [2.45, 2.75) is 37.9 Å². The van der Waals surface area contributed by atoms with Crippen molar-refractivity contribution in [3.8, 4) is 0 Å². The van der Waals surface area contributed by atoms with Crippen LogP contribution in [0.4, 0.5) is 0 Å². The molecule has 0 aliphatic rings. The van der Waals surface area contributed by atoms with Crippen LogP contribution in [0.1, 0.15) is 42.1 Å². The lowest BCUT2D eigenvalue weighted by Crippen LogP contribution is -2.25. The summed E-state index contributed by atoms with van der Waals surface area (Å²) in [7, 11) is 0. The summed E-state index contributed by atoms with van der Waals surface area (Å²) in [5.41, 5.74) is 1.17. The summed E-state index contributed by atoms with van der Waals surface area (Å²) in [5, 5.41) is 3.58. The zero-order valence-corrected chi connectivity index (χ0v) is 16.2. The minimum atomic E-state index is -0.185. The number of halogens is 1. The number of hydrogen-bond acceptors (Lipinski definition) is 4. The molecule has 136 valence electrons. The third kappa shape index (κ3) is 7.55. The predicted octanol–water partition coefficient (Wildman–Crippen LogP) is 4.91. The Morgan fingerprint density at radius 3 is 2.88 bits per heavy atom. The van der Waals surface area contributed by atoms with E-state index in [0.29, 0.717) is 24.7 Å². The van der Waals surface area contributed by atoms with Crippen molar-refractivity contribution in [3.63, 3.8) is 0 Å². The molecule has 4 nitrogen and oxygen atoms in total. The first-order valence-corrected chi connectivity index (χ1v) is 9.88. The number of thioether (sulfide) groups is 1. The second kappa shape index (κ2) is 10.5. The van der Waals surface area contributed by atoms with E-state index >= 15 is 0 Å². The fourth-order valence-corrected chi connectivity index (χ4v) is 3.24. The highest BCUT2D eigenvalue weighted by atomic mass is 35.5. The van der Waals surface area contributed by atoms with Gasteiger partial charge in [-0.05, 0) is 50.1 Å². The van der Waals surface area contributed by atoms with Crippen LogP contribution in [0.5, 0.6) is 0 Å². The maximum atomic E-state index is 12.0. The van der Waals surface area contributed by atoms with Crippen molar-refractivity contribution >= 4 is 29.3 Å². The Balaban J connectivity index is 1.69. The maximum absolute atomic E-state index is 12.0. The largest absolute Gasteiger partial charge is 0.455 e. The van der Waals surface area contributed by atoms with Gasteiger partial charge in [0.25, 0.3) is 5.91 Å². The van der Waals surface area contributed by atoms with E-state index in [0.717, 1.165) is 23.0 Å². The van der Waals surface area contributed by atoms with E-state index in [4.69, 9.17) is 20.8 Å². The molecule has 6 heteroatoms. The molecule has 1 aromatic heterocycles. The van der Waals surface area contributed by atoms with Crippen molar-refractivity contribution in [2.75, 3.05) is 13.2 Å². The summed E-state index contributed by atoms with van der Waals surface area (Å²) in [6.45, 7) is 5.20. The predicted molar refractivity (Wildman–Crippen MR) is 103 cm³/mol. The Labute approximate surface area is 158 Å². The topological polar surface area (TPSA) is 51.5 Å². The number of carbonyl (C=O) groups is 1. The third-order valence-corrected chi connectivity index (χ3v) is 4.61. The summed E-state index contributed by atoms with van der Waals surface area (Å²) < 4.78 is 11.0. The molecule has 1 heterocycles. The Morgan fingerprint density at radius 1 is 1.28 bits per heavy atom. The van der Waals surface area contributed by atoms with Gasteiger partial charge < -0.3 is 14.5 Å². The zero-order valence-electron chi connectivity index (χ0n) is 14.6. The number of amides is 1. The second-order valence-corrected chi connectivity index (χ2v) is 7.34. The normalized spacial score (nSPS) is 11.0. The number of benzene rings is 1. The smallest absolute Gasteiger partial charge is 0.286 e. The quantitative estimate of drug-likeness (QED) is 0.594. The number of furan rings is 1. The second-order valence-electron chi connectivity index (χ2n) is 5.92. The minimum absolute atomic E-state index is 0.185. The van der Waals surface area contributed by atoms with E-state index < -0.39 is 0 Å². The minimum Gasteiger partial charge on any atom is -0.455 e. The SMILES string of the molecule is CC(C)OCCCNC(=O)c1ccc(CSCc2cccc(Cl)c2)o1. The molecule has 0 spiro atoms. The van der Waals surface area contributed by atoms with Crippen molar-refractivity contribution in [1.29, 1.82) is 0 Å². The first-order valence-electron chi connectivity index (χ1n) is 8.35. The lowest BCUT2D eigenvalue weighted by Gasteiger charge is -2.07. The number of ether oxygens (including phenoxy) is 1. The Kier molecular flexibility index (Phi) is 8.38. The van der Waals surface area contributed by atoms with Crippen LogP contribution < -0.4 is 5.32 Å². The molecule has 1 N–H and O–H groups in total. The highest BCUT2D eigenvalue weighted by Gasteiger charge is 2.10. The van der Waals surface area contributed by atoms with Crippen LogP contribution in [0.2, 0.25) is 5.02 Å². The maximum Gasteiger partial charge on any atom is 0.286 e. The van der Waals surface area contributed by atoms with Gasteiger partial charge in [0.1, 0.15) is 5.76 Å². The van der Waals surface area contributed by atoms with E-state index in [-0.39, 0.29) is 12.0 Å². The van der Waals surface area contributed by atoms with Crippen molar-refractivity contribution < 1.29 is 13.9 Å². The lowest BCUT2D eigenvalue weighted by atomic mass is 10.2. The molecule has 2 rings (SSSR count). The molecular formula is C19H24ClNO3S. The van der Waals surface area contributed by atoms with E-state index in [1.165, 1.54) is 5.56 Å². The molecule has 25 heavy (non-hydrogen) atoms. The third-order valence-electron chi connectivity index (χ3n) is 3.35. The van der Waals surface area contributed by atoms with Gasteiger partial charge in [-0.25, -0.2) is 0 Å². The molecule has 2 aromatic rings. The number of nitrogens with one attached hydrogen (secondary N) is 1. The van der Waals surface area contributed by atoms with Crippen LogP contribution in [0.15, 0.2) is 40.8 Å². The number of carbonyl (C=O) groups excluding carboxylic acids is 1. The fraction of sp³-hybridized carbons (Fsp3) is 0.421. The molecule has 0 radical (unpaired) electrons. The van der Waals surface area contributed by atoms with Crippen LogP contribution >= 0.6 is 23.4 Å². The summed E-state index contributed by atoms with van der Waals surface area (Å²) >= 11 is 7.70. The van der Waals surface area contributed by atoms with Gasteiger partial charge in [0.2, 0.25) is 0 Å². The van der Waals surface area contributed by atoms with Crippen LogP contribution in [-0.4, -0.2) is 25.2 Å². The molecule has 0 atom stereocenters. The summed E-state index contributed by atoms with van der Waals surface area (Å²) in [6.07, 6.45) is 1.00.